The molecule has 0 radical (unpaired) electrons. The molecule has 1 aliphatic carbocycles. The summed E-state index contributed by atoms with van der Waals surface area (Å²) >= 11 is 3.56. The molecule has 2 aromatic carbocycles. The van der Waals surface area contributed by atoms with Gasteiger partial charge in [0.1, 0.15) is 12.2 Å². The van der Waals surface area contributed by atoms with Gasteiger partial charge < -0.3 is 10.6 Å². The minimum atomic E-state index is -1.02. The van der Waals surface area contributed by atoms with E-state index in [1.807, 2.05) is 11.0 Å². The first kappa shape index (κ1) is 16.6. The largest absolute Gasteiger partial charge is 0.368 e. The maximum absolute atomic E-state index is 13.9. The van der Waals surface area contributed by atoms with Crippen LogP contribution in [0.2, 0.25) is 0 Å². The molecule has 4 rings (SSSR count). The lowest BCUT2D eigenvalue weighted by Crippen LogP contribution is -2.40. The first-order valence-corrected chi connectivity index (χ1v) is 9.23. The summed E-state index contributed by atoms with van der Waals surface area (Å²) in [7, 11) is 0. The molecule has 130 valence electrons. The van der Waals surface area contributed by atoms with Crippen molar-refractivity contribution in [3.8, 4) is 11.1 Å². The normalized spacial score (nSPS) is 23.4. The summed E-state index contributed by atoms with van der Waals surface area (Å²) in [6, 6.07) is 11.9. The Kier molecular flexibility index (Phi) is 3.69. The van der Waals surface area contributed by atoms with Crippen molar-refractivity contribution in [1.82, 2.24) is 0 Å². The van der Waals surface area contributed by atoms with Crippen LogP contribution in [0.4, 0.5) is 10.1 Å². The summed E-state index contributed by atoms with van der Waals surface area (Å²) < 4.78 is 15.0. The van der Waals surface area contributed by atoms with E-state index in [2.05, 4.69) is 60.1 Å². The molecular formula is C20H20BrFN2O. The number of nitrogens with two attached hydrogens (primary N) is 1. The lowest BCUT2D eigenvalue weighted by atomic mass is 9.82. The molecule has 1 saturated heterocycles. The highest BCUT2D eigenvalue weighted by Gasteiger charge is 2.39. The van der Waals surface area contributed by atoms with E-state index in [4.69, 9.17) is 5.73 Å². The Balaban J connectivity index is 1.81. The van der Waals surface area contributed by atoms with Crippen LogP contribution in [0.15, 0.2) is 40.9 Å². The number of amides is 1. The van der Waals surface area contributed by atoms with Gasteiger partial charge in [-0.05, 0) is 46.5 Å². The van der Waals surface area contributed by atoms with Crippen LogP contribution in [-0.4, -0.2) is 24.7 Å². The lowest BCUT2D eigenvalue weighted by Gasteiger charge is -2.27. The van der Waals surface area contributed by atoms with Gasteiger partial charge in [-0.2, -0.15) is 0 Å². The number of benzene rings is 2. The van der Waals surface area contributed by atoms with Gasteiger partial charge in [-0.15, -0.1) is 0 Å². The molecule has 1 heterocycles. The first-order valence-electron chi connectivity index (χ1n) is 8.44. The second-order valence-corrected chi connectivity index (χ2v) is 8.36. The SMILES string of the molecule is CC1(C)c2cc(Br)ccc2-c2ccc(N3CC(F)CC3C(N)=O)cc21. The molecule has 1 aliphatic heterocycles. The highest BCUT2D eigenvalue weighted by atomic mass is 79.9. The third-order valence-corrected chi connectivity index (χ3v) is 6.02. The zero-order valence-corrected chi connectivity index (χ0v) is 15.8. The Morgan fingerprint density at radius 2 is 1.84 bits per heavy atom. The van der Waals surface area contributed by atoms with E-state index >= 15 is 0 Å². The predicted octanol–water partition coefficient (Wildman–Crippen LogP) is 4.16. The van der Waals surface area contributed by atoms with Crippen LogP contribution >= 0.6 is 15.9 Å². The molecule has 1 amide bonds. The number of nitrogens with zero attached hydrogens (tertiary/aromatic N) is 1. The number of anilines is 1. The quantitative estimate of drug-likeness (QED) is 0.819. The minimum Gasteiger partial charge on any atom is -0.368 e. The zero-order valence-electron chi connectivity index (χ0n) is 14.2. The van der Waals surface area contributed by atoms with Crippen LogP contribution in [0, 0.1) is 0 Å². The van der Waals surface area contributed by atoms with Gasteiger partial charge in [-0.25, -0.2) is 4.39 Å². The maximum Gasteiger partial charge on any atom is 0.240 e. The van der Waals surface area contributed by atoms with E-state index in [0.29, 0.717) is 0 Å². The molecule has 3 nitrogen and oxygen atoms in total. The fourth-order valence-electron chi connectivity index (χ4n) is 4.22. The van der Waals surface area contributed by atoms with Crippen LogP contribution in [0.25, 0.3) is 11.1 Å². The standard InChI is InChI=1S/C20H20BrFN2O/c1-20(2)16-7-11(21)3-5-14(16)15-6-4-13(9-17(15)20)24-10-12(22)8-18(24)19(23)25/h3-7,9,12,18H,8,10H2,1-2H3,(H2,23,25). The number of rotatable bonds is 2. The summed E-state index contributed by atoms with van der Waals surface area (Å²) in [5.74, 6) is -0.466. The Morgan fingerprint density at radius 3 is 2.52 bits per heavy atom. The van der Waals surface area contributed by atoms with Gasteiger partial charge >= 0.3 is 0 Å². The number of hydrogen-bond acceptors (Lipinski definition) is 2. The Hall–Kier alpha value is -1.88. The van der Waals surface area contributed by atoms with Crippen molar-refractivity contribution in [2.24, 2.45) is 5.73 Å². The molecule has 2 atom stereocenters. The molecule has 5 heteroatoms. The lowest BCUT2D eigenvalue weighted by molar-refractivity contribution is -0.119. The van der Waals surface area contributed by atoms with Crippen molar-refractivity contribution in [2.45, 2.75) is 37.9 Å². The summed E-state index contributed by atoms with van der Waals surface area (Å²) in [5, 5.41) is 0. The molecule has 25 heavy (non-hydrogen) atoms. The number of halogens is 2. The van der Waals surface area contributed by atoms with Crippen LogP contribution in [0.5, 0.6) is 0 Å². The highest BCUT2D eigenvalue weighted by Crippen LogP contribution is 2.50. The van der Waals surface area contributed by atoms with E-state index in [0.717, 1.165) is 10.2 Å². The van der Waals surface area contributed by atoms with Crippen LogP contribution < -0.4 is 10.6 Å². The third kappa shape index (κ3) is 2.48. The molecule has 0 saturated carbocycles. The Labute approximate surface area is 155 Å². The smallest absolute Gasteiger partial charge is 0.240 e. The molecule has 2 N–H and O–H groups in total. The second-order valence-electron chi connectivity index (χ2n) is 7.45. The van der Waals surface area contributed by atoms with Crippen molar-refractivity contribution in [3.63, 3.8) is 0 Å². The molecule has 0 aromatic heterocycles. The van der Waals surface area contributed by atoms with Gasteiger partial charge in [-0.1, -0.05) is 41.9 Å². The fourth-order valence-corrected chi connectivity index (χ4v) is 4.58. The van der Waals surface area contributed by atoms with E-state index in [-0.39, 0.29) is 18.4 Å². The van der Waals surface area contributed by atoms with E-state index < -0.39 is 18.1 Å². The monoisotopic (exact) mass is 402 g/mol. The Morgan fingerprint density at radius 1 is 1.20 bits per heavy atom. The topological polar surface area (TPSA) is 46.3 Å². The van der Waals surface area contributed by atoms with Gasteiger partial charge in [0.25, 0.3) is 0 Å². The van der Waals surface area contributed by atoms with Gasteiger partial charge in [-0.3, -0.25) is 4.79 Å². The molecule has 0 spiro atoms. The number of fused-ring (bicyclic) bond motifs is 3. The minimum absolute atomic E-state index is 0.151. The van der Waals surface area contributed by atoms with Gasteiger partial charge in [0.2, 0.25) is 5.91 Å². The highest BCUT2D eigenvalue weighted by molar-refractivity contribution is 9.10. The van der Waals surface area contributed by atoms with Crippen LogP contribution in [-0.2, 0) is 10.2 Å². The number of hydrogen-bond donors (Lipinski definition) is 1. The Bertz CT molecular complexity index is 880. The zero-order chi connectivity index (χ0) is 17.9. The molecule has 2 unspecified atom stereocenters. The average molecular weight is 403 g/mol. The van der Waals surface area contributed by atoms with Crippen molar-refractivity contribution in [1.29, 1.82) is 0 Å². The van der Waals surface area contributed by atoms with Crippen molar-refractivity contribution in [2.75, 3.05) is 11.4 Å². The first-order chi connectivity index (χ1) is 11.8. The van der Waals surface area contributed by atoms with E-state index in [1.165, 1.54) is 22.3 Å². The van der Waals surface area contributed by atoms with Crippen molar-refractivity contribution >= 4 is 27.5 Å². The summed E-state index contributed by atoms with van der Waals surface area (Å²) in [4.78, 5) is 13.5. The molecule has 0 bridgehead atoms. The van der Waals surface area contributed by atoms with E-state index in [1.54, 1.807) is 0 Å². The summed E-state index contributed by atoms with van der Waals surface area (Å²) in [6.45, 7) is 4.61. The predicted molar refractivity (Wildman–Crippen MR) is 102 cm³/mol. The van der Waals surface area contributed by atoms with Gasteiger partial charge in [0.15, 0.2) is 0 Å². The molecule has 2 aliphatic rings. The van der Waals surface area contributed by atoms with Gasteiger partial charge in [0, 0.05) is 22.0 Å². The number of alkyl halides is 1. The van der Waals surface area contributed by atoms with Crippen LogP contribution in [0.3, 0.4) is 0 Å². The van der Waals surface area contributed by atoms with Crippen LogP contribution in [0.1, 0.15) is 31.4 Å². The molecular weight excluding hydrogens is 383 g/mol. The fraction of sp³-hybridized carbons (Fsp3) is 0.350. The third-order valence-electron chi connectivity index (χ3n) is 5.53. The number of carbonyl (C=O) groups is 1. The number of primary amides is 1. The van der Waals surface area contributed by atoms with Gasteiger partial charge in [0.05, 0.1) is 6.54 Å². The second kappa shape index (κ2) is 5.56. The molecule has 1 fully saturated rings. The average Bonchev–Trinajstić information content (AvgIpc) is 3.05. The van der Waals surface area contributed by atoms with E-state index in [9.17, 15) is 9.18 Å². The molecule has 2 aromatic rings. The van der Waals surface area contributed by atoms with Crippen molar-refractivity contribution < 1.29 is 9.18 Å². The van der Waals surface area contributed by atoms with Crippen molar-refractivity contribution in [3.05, 3.63) is 52.0 Å². The summed E-state index contributed by atoms with van der Waals surface area (Å²) in [5.41, 5.74) is 11.1. The number of carbonyl (C=O) groups excluding carboxylic acids is 1. The maximum atomic E-state index is 13.9. The summed E-state index contributed by atoms with van der Waals surface area (Å²) in [6.07, 6.45) is -0.852.